The number of aromatic nitrogens is 1. The van der Waals surface area contributed by atoms with E-state index in [9.17, 15) is 24.9 Å². The maximum absolute atomic E-state index is 12.7. The third-order valence-electron chi connectivity index (χ3n) is 5.17. The fourth-order valence-corrected chi connectivity index (χ4v) is 3.54. The van der Waals surface area contributed by atoms with Crippen LogP contribution in [0.3, 0.4) is 0 Å². The van der Waals surface area contributed by atoms with E-state index in [4.69, 9.17) is 14.2 Å². The standard InChI is InChI=1S/C27H31N3O6/c1-6-34-24(31)18-8-10-21(11-9-18)30-17-19(25(32)36-27(3,4)5)14-22(30)12-13-23(20(15-28)16-29)26(33)35-7-2/h8-11,14,17,20,23H,6-7,12-13H2,1-5H3. The first kappa shape index (κ1) is 28.1. The second kappa shape index (κ2) is 12.6. The zero-order chi connectivity index (χ0) is 26.9. The number of ether oxygens (including phenoxy) is 3. The van der Waals surface area contributed by atoms with E-state index >= 15 is 0 Å². The zero-order valence-electron chi connectivity index (χ0n) is 21.2. The highest BCUT2D eigenvalue weighted by Crippen LogP contribution is 2.25. The Labute approximate surface area is 211 Å². The Hall–Kier alpha value is -4.11. The van der Waals surface area contributed by atoms with Crippen molar-refractivity contribution in [2.75, 3.05) is 13.2 Å². The average molecular weight is 494 g/mol. The smallest absolute Gasteiger partial charge is 0.340 e. The molecule has 0 aliphatic carbocycles. The number of nitriles is 2. The third-order valence-corrected chi connectivity index (χ3v) is 5.17. The van der Waals surface area contributed by atoms with E-state index in [0.29, 0.717) is 22.5 Å². The van der Waals surface area contributed by atoms with Gasteiger partial charge in [-0.15, -0.1) is 0 Å². The highest BCUT2D eigenvalue weighted by atomic mass is 16.6. The van der Waals surface area contributed by atoms with Crippen molar-refractivity contribution in [2.24, 2.45) is 11.8 Å². The summed E-state index contributed by atoms with van der Waals surface area (Å²) in [6.45, 7) is 9.07. The number of carbonyl (C=O) groups is 3. The lowest BCUT2D eigenvalue weighted by Gasteiger charge is -2.18. The van der Waals surface area contributed by atoms with Crippen LogP contribution in [-0.4, -0.2) is 41.3 Å². The van der Waals surface area contributed by atoms with Crippen LogP contribution >= 0.6 is 0 Å². The Morgan fingerprint density at radius 1 is 0.944 bits per heavy atom. The van der Waals surface area contributed by atoms with Crippen LogP contribution in [0.2, 0.25) is 0 Å². The summed E-state index contributed by atoms with van der Waals surface area (Å²) in [5.74, 6) is -3.68. The van der Waals surface area contributed by atoms with Crippen molar-refractivity contribution in [1.29, 1.82) is 10.5 Å². The number of rotatable bonds is 10. The number of nitrogens with zero attached hydrogens (tertiary/aromatic N) is 3. The van der Waals surface area contributed by atoms with E-state index in [1.165, 1.54) is 0 Å². The summed E-state index contributed by atoms with van der Waals surface area (Å²) in [6.07, 6.45) is 2.04. The van der Waals surface area contributed by atoms with E-state index in [0.717, 1.165) is 0 Å². The van der Waals surface area contributed by atoms with Crippen LogP contribution in [-0.2, 0) is 25.4 Å². The maximum atomic E-state index is 12.7. The van der Waals surface area contributed by atoms with Gasteiger partial charge in [-0.3, -0.25) is 4.79 Å². The second-order valence-electron chi connectivity index (χ2n) is 8.99. The van der Waals surface area contributed by atoms with Gasteiger partial charge in [0, 0.05) is 17.6 Å². The van der Waals surface area contributed by atoms with Gasteiger partial charge in [0.25, 0.3) is 0 Å². The van der Waals surface area contributed by atoms with E-state index in [1.54, 1.807) is 75.7 Å². The van der Waals surface area contributed by atoms with Gasteiger partial charge in [-0.05, 0) is 77.8 Å². The van der Waals surface area contributed by atoms with Crippen LogP contribution in [0, 0.1) is 34.5 Å². The molecule has 0 aliphatic heterocycles. The highest BCUT2D eigenvalue weighted by molar-refractivity contribution is 5.90. The summed E-state index contributed by atoms with van der Waals surface area (Å²) >= 11 is 0. The maximum Gasteiger partial charge on any atom is 0.340 e. The molecule has 0 saturated carbocycles. The molecular formula is C27H31N3O6. The number of aryl methyl sites for hydroxylation is 1. The molecule has 2 aromatic rings. The van der Waals surface area contributed by atoms with Crippen molar-refractivity contribution in [2.45, 2.75) is 53.1 Å². The van der Waals surface area contributed by atoms with Gasteiger partial charge in [0.15, 0.2) is 0 Å². The Balaban J connectivity index is 2.44. The summed E-state index contributed by atoms with van der Waals surface area (Å²) in [5.41, 5.74) is 1.32. The van der Waals surface area contributed by atoms with Crippen molar-refractivity contribution in [3.63, 3.8) is 0 Å². The molecule has 9 nitrogen and oxygen atoms in total. The quantitative estimate of drug-likeness (QED) is 0.352. The average Bonchev–Trinajstić information content (AvgIpc) is 3.25. The molecule has 190 valence electrons. The molecule has 0 amide bonds. The van der Waals surface area contributed by atoms with Crippen LogP contribution in [0.1, 0.15) is 67.4 Å². The summed E-state index contributed by atoms with van der Waals surface area (Å²) in [4.78, 5) is 37.2. The molecule has 0 bridgehead atoms. The van der Waals surface area contributed by atoms with Crippen LogP contribution < -0.4 is 0 Å². The number of carbonyl (C=O) groups excluding carboxylic acids is 3. The molecule has 1 heterocycles. The topological polar surface area (TPSA) is 131 Å². The predicted molar refractivity (Wildman–Crippen MR) is 130 cm³/mol. The molecule has 0 saturated heterocycles. The molecule has 0 aliphatic rings. The number of esters is 3. The summed E-state index contributed by atoms with van der Waals surface area (Å²) in [6, 6.07) is 12.0. The van der Waals surface area contributed by atoms with E-state index in [-0.39, 0.29) is 26.1 Å². The lowest BCUT2D eigenvalue weighted by molar-refractivity contribution is -0.149. The molecule has 2 rings (SSSR count). The van der Waals surface area contributed by atoms with E-state index in [1.807, 2.05) is 12.1 Å². The molecule has 1 aromatic carbocycles. The molecule has 0 radical (unpaired) electrons. The third kappa shape index (κ3) is 7.44. The molecule has 0 N–H and O–H groups in total. The van der Waals surface area contributed by atoms with E-state index in [2.05, 4.69) is 0 Å². The number of benzene rings is 1. The van der Waals surface area contributed by atoms with E-state index < -0.39 is 35.3 Å². The first-order chi connectivity index (χ1) is 17.0. The van der Waals surface area contributed by atoms with Crippen LogP contribution in [0.15, 0.2) is 36.5 Å². The van der Waals surface area contributed by atoms with Gasteiger partial charge in [-0.25, -0.2) is 9.59 Å². The molecule has 1 atom stereocenters. The van der Waals surface area contributed by atoms with Gasteiger partial charge in [0.05, 0.1) is 42.4 Å². The second-order valence-corrected chi connectivity index (χ2v) is 8.99. The zero-order valence-corrected chi connectivity index (χ0v) is 21.2. The molecular weight excluding hydrogens is 462 g/mol. The Bertz CT molecular complexity index is 1150. The first-order valence-corrected chi connectivity index (χ1v) is 11.7. The largest absolute Gasteiger partial charge is 0.466 e. The van der Waals surface area contributed by atoms with Gasteiger partial charge >= 0.3 is 17.9 Å². The summed E-state index contributed by atoms with van der Waals surface area (Å²) in [5, 5.41) is 18.7. The molecule has 1 unspecified atom stereocenters. The van der Waals surface area contributed by atoms with Gasteiger partial charge in [-0.2, -0.15) is 10.5 Å². The van der Waals surface area contributed by atoms with Gasteiger partial charge < -0.3 is 18.8 Å². The van der Waals surface area contributed by atoms with Crippen molar-refractivity contribution >= 4 is 17.9 Å². The summed E-state index contributed by atoms with van der Waals surface area (Å²) in [7, 11) is 0. The van der Waals surface area contributed by atoms with Crippen LogP contribution in [0.4, 0.5) is 0 Å². The minimum atomic E-state index is -1.17. The highest BCUT2D eigenvalue weighted by Gasteiger charge is 2.30. The Morgan fingerprint density at radius 2 is 1.56 bits per heavy atom. The van der Waals surface area contributed by atoms with Gasteiger partial charge in [0.2, 0.25) is 0 Å². The Kier molecular flexibility index (Phi) is 9.81. The fraction of sp³-hybridized carbons (Fsp3) is 0.444. The minimum Gasteiger partial charge on any atom is -0.466 e. The Morgan fingerprint density at radius 3 is 2.08 bits per heavy atom. The molecule has 36 heavy (non-hydrogen) atoms. The monoisotopic (exact) mass is 493 g/mol. The van der Waals surface area contributed by atoms with Crippen LogP contribution in [0.25, 0.3) is 5.69 Å². The number of hydrogen-bond acceptors (Lipinski definition) is 8. The predicted octanol–water partition coefficient (Wildman–Crippen LogP) is 4.38. The minimum absolute atomic E-state index is 0.130. The number of hydrogen-bond donors (Lipinski definition) is 0. The molecule has 1 aromatic heterocycles. The van der Waals surface area contributed by atoms with Crippen molar-refractivity contribution < 1.29 is 28.6 Å². The first-order valence-electron chi connectivity index (χ1n) is 11.7. The lowest BCUT2D eigenvalue weighted by Crippen LogP contribution is -2.25. The van der Waals surface area contributed by atoms with Gasteiger partial charge in [0.1, 0.15) is 11.5 Å². The van der Waals surface area contributed by atoms with Crippen molar-refractivity contribution in [3.05, 3.63) is 53.3 Å². The fourth-order valence-electron chi connectivity index (χ4n) is 3.54. The lowest BCUT2D eigenvalue weighted by atomic mass is 9.89. The SMILES string of the molecule is CCOC(=O)c1ccc(-n2cc(C(=O)OC(C)(C)C)cc2CCC(C(=O)OCC)C(C#N)C#N)cc1. The molecule has 0 fully saturated rings. The molecule has 0 spiro atoms. The van der Waals surface area contributed by atoms with Crippen LogP contribution in [0.5, 0.6) is 0 Å². The summed E-state index contributed by atoms with van der Waals surface area (Å²) < 4.78 is 17.4. The van der Waals surface area contributed by atoms with Crippen molar-refractivity contribution in [3.8, 4) is 17.8 Å². The molecule has 9 heteroatoms. The van der Waals surface area contributed by atoms with Gasteiger partial charge in [-0.1, -0.05) is 0 Å². The normalized spacial score (nSPS) is 11.8. The van der Waals surface area contributed by atoms with Crippen molar-refractivity contribution in [1.82, 2.24) is 4.57 Å².